The van der Waals surface area contributed by atoms with E-state index in [1.165, 1.54) is 11.3 Å². The highest BCUT2D eigenvalue weighted by atomic mass is 79.9. The molecule has 0 unspecified atom stereocenters. The van der Waals surface area contributed by atoms with Crippen LogP contribution in [0.25, 0.3) is 0 Å². The molecule has 0 amide bonds. The fourth-order valence-electron chi connectivity index (χ4n) is 1.76. The van der Waals surface area contributed by atoms with Crippen LogP contribution in [0, 0.1) is 0 Å². The SMILES string of the molecule is CCOC(=O)c1sc(Br)nc1CN1CCOCC1. The number of morpholine rings is 1. The summed E-state index contributed by atoms with van der Waals surface area (Å²) >= 11 is 4.65. The van der Waals surface area contributed by atoms with Crippen LogP contribution in [0.5, 0.6) is 0 Å². The van der Waals surface area contributed by atoms with Crippen molar-refractivity contribution in [2.75, 3.05) is 32.9 Å². The molecule has 0 spiro atoms. The van der Waals surface area contributed by atoms with E-state index in [9.17, 15) is 4.79 Å². The zero-order valence-corrected chi connectivity index (χ0v) is 12.6. The molecular weight excluding hydrogens is 320 g/mol. The molecule has 1 aromatic heterocycles. The molecule has 18 heavy (non-hydrogen) atoms. The zero-order chi connectivity index (χ0) is 13.0. The Kier molecular flexibility index (Phi) is 5.11. The monoisotopic (exact) mass is 334 g/mol. The van der Waals surface area contributed by atoms with Gasteiger partial charge in [0.1, 0.15) is 4.88 Å². The number of hydrogen-bond donors (Lipinski definition) is 0. The van der Waals surface area contributed by atoms with Gasteiger partial charge in [-0.05, 0) is 22.9 Å². The summed E-state index contributed by atoms with van der Waals surface area (Å²) in [6.07, 6.45) is 0. The molecule has 7 heteroatoms. The maximum Gasteiger partial charge on any atom is 0.350 e. The lowest BCUT2D eigenvalue weighted by molar-refractivity contribution is 0.0332. The van der Waals surface area contributed by atoms with Crippen molar-refractivity contribution in [2.45, 2.75) is 13.5 Å². The molecule has 2 heterocycles. The molecule has 0 aromatic carbocycles. The maximum atomic E-state index is 11.8. The van der Waals surface area contributed by atoms with Crippen LogP contribution in [0.1, 0.15) is 22.3 Å². The topological polar surface area (TPSA) is 51.7 Å². The van der Waals surface area contributed by atoms with E-state index in [0.717, 1.165) is 32.0 Å². The number of carbonyl (C=O) groups is 1. The molecular formula is C11H15BrN2O3S. The first-order valence-electron chi connectivity index (χ1n) is 5.83. The number of thiazole rings is 1. The van der Waals surface area contributed by atoms with Gasteiger partial charge < -0.3 is 9.47 Å². The van der Waals surface area contributed by atoms with Gasteiger partial charge in [0, 0.05) is 19.6 Å². The third-order valence-corrected chi connectivity index (χ3v) is 4.14. The molecule has 0 N–H and O–H groups in total. The number of carbonyl (C=O) groups excluding carboxylic acids is 1. The van der Waals surface area contributed by atoms with Gasteiger partial charge in [-0.3, -0.25) is 4.90 Å². The van der Waals surface area contributed by atoms with Crippen molar-refractivity contribution in [3.05, 3.63) is 14.5 Å². The fraction of sp³-hybridized carbons (Fsp3) is 0.636. The summed E-state index contributed by atoms with van der Waals surface area (Å²) in [6, 6.07) is 0. The largest absolute Gasteiger partial charge is 0.462 e. The van der Waals surface area contributed by atoms with Crippen molar-refractivity contribution < 1.29 is 14.3 Å². The standard InChI is InChI=1S/C11H15BrN2O3S/c1-2-17-10(15)9-8(13-11(12)18-9)7-14-3-5-16-6-4-14/h2-7H2,1H3. The molecule has 0 atom stereocenters. The number of ether oxygens (including phenoxy) is 2. The molecule has 2 rings (SSSR count). The molecule has 1 saturated heterocycles. The molecule has 100 valence electrons. The average molecular weight is 335 g/mol. The van der Waals surface area contributed by atoms with Crippen molar-refractivity contribution in [1.29, 1.82) is 0 Å². The predicted octanol–water partition coefficient (Wildman–Crippen LogP) is 1.91. The first-order valence-corrected chi connectivity index (χ1v) is 7.44. The lowest BCUT2D eigenvalue weighted by Crippen LogP contribution is -2.36. The number of rotatable bonds is 4. The van der Waals surface area contributed by atoms with Gasteiger partial charge in [0.2, 0.25) is 0 Å². The summed E-state index contributed by atoms with van der Waals surface area (Å²) < 4.78 is 11.1. The van der Waals surface area contributed by atoms with E-state index in [-0.39, 0.29) is 5.97 Å². The van der Waals surface area contributed by atoms with Gasteiger partial charge in [-0.15, -0.1) is 0 Å². The minimum atomic E-state index is -0.288. The molecule has 0 bridgehead atoms. The Labute approximate surface area is 118 Å². The molecule has 1 aliphatic rings. The van der Waals surface area contributed by atoms with E-state index >= 15 is 0 Å². The summed E-state index contributed by atoms with van der Waals surface area (Å²) in [4.78, 5) is 19.0. The average Bonchev–Trinajstić information content (AvgIpc) is 2.72. The van der Waals surface area contributed by atoms with Gasteiger partial charge in [-0.25, -0.2) is 9.78 Å². The van der Waals surface area contributed by atoms with Gasteiger partial charge in [-0.1, -0.05) is 11.3 Å². The highest BCUT2D eigenvalue weighted by Crippen LogP contribution is 2.25. The lowest BCUT2D eigenvalue weighted by atomic mass is 10.3. The first-order chi connectivity index (χ1) is 8.70. The van der Waals surface area contributed by atoms with Gasteiger partial charge in [0.05, 0.1) is 25.5 Å². The Morgan fingerprint density at radius 2 is 2.28 bits per heavy atom. The molecule has 1 aromatic rings. The Morgan fingerprint density at radius 3 is 2.94 bits per heavy atom. The number of aromatic nitrogens is 1. The minimum Gasteiger partial charge on any atom is -0.462 e. The highest BCUT2D eigenvalue weighted by Gasteiger charge is 2.21. The van der Waals surface area contributed by atoms with Crippen LogP contribution in [-0.4, -0.2) is 48.8 Å². The highest BCUT2D eigenvalue weighted by molar-refractivity contribution is 9.11. The smallest absolute Gasteiger partial charge is 0.350 e. The number of halogens is 1. The van der Waals surface area contributed by atoms with Crippen molar-refractivity contribution in [1.82, 2.24) is 9.88 Å². The quantitative estimate of drug-likeness (QED) is 0.787. The normalized spacial score (nSPS) is 16.8. The van der Waals surface area contributed by atoms with Crippen molar-refractivity contribution in [3.8, 4) is 0 Å². The van der Waals surface area contributed by atoms with Gasteiger partial charge in [-0.2, -0.15) is 0 Å². The molecule has 0 saturated carbocycles. The second kappa shape index (κ2) is 6.60. The Hall–Kier alpha value is -0.500. The van der Waals surface area contributed by atoms with Crippen molar-refractivity contribution in [2.24, 2.45) is 0 Å². The molecule has 1 fully saturated rings. The number of esters is 1. The summed E-state index contributed by atoms with van der Waals surface area (Å²) in [5.41, 5.74) is 0.784. The molecule has 1 aliphatic heterocycles. The van der Waals surface area contributed by atoms with E-state index in [0.29, 0.717) is 21.9 Å². The van der Waals surface area contributed by atoms with Crippen LogP contribution >= 0.6 is 27.3 Å². The molecule has 0 aliphatic carbocycles. The van der Waals surface area contributed by atoms with E-state index in [4.69, 9.17) is 9.47 Å². The van der Waals surface area contributed by atoms with Crippen LogP contribution in [0.3, 0.4) is 0 Å². The van der Waals surface area contributed by atoms with E-state index < -0.39 is 0 Å². The van der Waals surface area contributed by atoms with E-state index in [1.54, 1.807) is 6.92 Å². The Bertz CT molecular complexity index is 418. The van der Waals surface area contributed by atoms with Crippen LogP contribution in [0.2, 0.25) is 0 Å². The van der Waals surface area contributed by atoms with E-state index in [2.05, 4.69) is 25.8 Å². The van der Waals surface area contributed by atoms with Crippen molar-refractivity contribution in [3.63, 3.8) is 0 Å². The predicted molar refractivity (Wildman–Crippen MR) is 71.9 cm³/mol. The summed E-state index contributed by atoms with van der Waals surface area (Å²) in [5.74, 6) is -0.288. The molecule has 0 radical (unpaired) electrons. The second-order valence-electron chi connectivity index (χ2n) is 3.85. The third kappa shape index (κ3) is 3.50. The summed E-state index contributed by atoms with van der Waals surface area (Å²) in [7, 11) is 0. The van der Waals surface area contributed by atoms with Crippen LogP contribution in [0.15, 0.2) is 3.92 Å². The zero-order valence-electron chi connectivity index (χ0n) is 10.1. The van der Waals surface area contributed by atoms with Crippen LogP contribution in [0.4, 0.5) is 0 Å². The van der Waals surface area contributed by atoms with Crippen LogP contribution < -0.4 is 0 Å². The second-order valence-corrected chi connectivity index (χ2v) is 6.13. The van der Waals surface area contributed by atoms with Gasteiger partial charge >= 0.3 is 5.97 Å². The van der Waals surface area contributed by atoms with Gasteiger partial charge in [0.25, 0.3) is 0 Å². The minimum absolute atomic E-state index is 0.288. The van der Waals surface area contributed by atoms with Crippen LogP contribution in [-0.2, 0) is 16.0 Å². The maximum absolute atomic E-state index is 11.8. The first kappa shape index (κ1) is 13.9. The third-order valence-electron chi connectivity index (χ3n) is 2.61. The fourth-order valence-corrected chi connectivity index (χ4v) is 3.15. The summed E-state index contributed by atoms with van der Waals surface area (Å²) in [6.45, 7) is 6.06. The summed E-state index contributed by atoms with van der Waals surface area (Å²) in [5, 5.41) is 0. The lowest BCUT2D eigenvalue weighted by Gasteiger charge is -2.25. The Balaban J connectivity index is 2.08. The molecule has 5 nitrogen and oxygen atoms in total. The van der Waals surface area contributed by atoms with Gasteiger partial charge in [0.15, 0.2) is 3.92 Å². The number of nitrogens with zero attached hydrogens (tertiary/aromatic N) is 2. The Morgan fingerprint density at radius 1 is 1.56 bits per heavy atom. The van der Waals surface area contributed by atoms with E-state index in [1.807, 2.05) is 0 Å². The van der Waals surface area contributed by atoms with Crippen molar-refractivity contribution >= 4 is 33.2 Å². The number of hydrogen-bond acceptors (Lipinski definition) is 6.